The highest BCUT2D eigenvalue weighted by molar-refractivity contribution is 7.85. The predicted molar refractivity (Wildman–Crippen MR) is 236 cm³/mol. The smallest absolute Gasteiger partial charge is 0.173 e. The highest BCUT2D eigenvalue weighted by Gasteiger charge is 2.33. The Labute approximate surface area is 321 Å². The summed E-state index contributed by atoms with van der Waals surface area (Å²) in [6.45, 7) is 0. The van der Waals surface area contributed by atoms with E-state index >= 15 is 4.57 Å². The van der Waals surface area contributed by atoms with Crippen molar-refractivity contribution in [3.8, 4) is 5.69 Å². The van der Waals surface area contributed by atoms with Gasteiger partial charge in [-0.2, -0.15) is 0 Å². The number of aromatic nitrogens is 3. The molecule has 3 aromatic heterocycles. The minimum absolute atomic E-state index is 0.733. The number of imidazole rings is 1. The SMILES string of the molecule is O=P(c1ccccc1)(c1ccc(-n2c3ccccc3c3ccccc32)cc1)c1cccc2c1nc1c3c4ccccc4ccc3c3cc4ccccc4cc3n21. The topological polar surface area (TPSA) is 39.3 Å². The van der Waals surface area contributed by atoms with Gasteiger partial charge in [0.05, 0.1) is 22.1 Å². The zero-order chi connectivity index (χ0) is 37.0. The van der Waals surface area contributed by atoms with Crippen LogP contribution in [0, 0.1) is 0 Å². The van der Waals surface area contributed by atoms with Gasteiger partial charge in [0.1, 0.15) is 11.2 Å². The average Bonchev–Trinajstić information content (AvgIpc) is 3.82. The summed E-state index contributed by atoms with van der Waals surface area (Å²) in [5.41, 5.74) is 6.93. The van der Waals surface area contributed by atoms with Crippen LogP contribution < -0.4 is 15.9 Å². The van der Waals surface area contributed by atoms with E-state index in [1.54, 1.807) is 0 Å². The van der Waals surface area contributed by atoms with Gasteiger partial charge >= 0.3 is 0 Å². The molecule has 9 aromatic carbocycles. The highest BCUT2D eigenvalue weighted by atomic mass is 31.2. The molecule has 0 aliphatic rings. The van der Waals surface area contributed by atoms with Gasteiger partial charge in [-0.05, 0) is 87.6 Å². The lowest BCUT2D eigenvalue weighted by atomic mass is 9.98. The first-order chi connectivity index (χ1) is 27.7. The third-order valence-electron chi connectivity index (χ3n) is 11.7. The summed E-state index contributed by atoms with van der Waals surface area (Å²) in [5, 5.41) is 12.8. The standard InChI is InChI=1S/C51H32N3OP/c55-56(37-16-2-1-3-17-37,38-28-26-36(27-29-38)53-44-21-10-8-19-40(44)41-20-9-11-22-45(41)53)48-24-12-23-46-50(48)52-51-49-39-18-7-6-13-33(39)25-30-42(49)43-31-34-14-4-5-15-35(34)32-47(43)54(46)51/h1-32H. The van der Waals surface area contributed by atoms with E-state index in [2.05, 4.69) is 161 Å². The number of fused-ring (bicyclic) bond motifs is 14. The molecule has 0 fully saturated rings. The van der Waals surface area contributed by atoms with Gasteiger partial charge < -0.3 is 9.13 Å². The van der Waals surface area contributed by atoms with Crippen LogP contribution in [0.5, 0.6) is 0 Å². The number of para-hydroxylation sites is 3. The molecule has 5 heteroatoms. The minimum atomic E-state index is -3.46. The Bertz CT molecular complexity index is 3570. The molecular formula is C51H32N3OP. The lowest BCUT2D eigenvalue weighted by molar-refractivity contribution is 0.592. The van der Waals surface area contributed by atoms with Gasteiger partial charge in [-0.3, -0.25) is 4.40 Å². The number of nitrogens with zero attached hydrogens (tertiary/aromatic N) is 3. The maximum atomic E-state index is 16.4. The van der Waals surface area contributed by atoms with E-state index < -0.39 is 7.14 Å². The predicted octanol–water partition coefficient (Wildman–Crippen LogP) is 11.8. The average molecular weight is 734 g/mol. The molecule has 0 amide bonds. The summed E-state index contributed by atoms with van der Waals surface area (Å²) < 4.78 is 21.0. The molecule has 0 radical (unpaired) electrons. The largest absolute Gasteiger partial charge is 0.309 e. The van der Waals surface area contributed by atoms with Crippen molar-refractivity contribution in [3.05, 3.63) is 194 Å². The van der Waals surface area contributed by atoms with Gasteiger partial charge in [-0.25, -0.2) is 4.98 Å². The van der Waals surface area contributed by atoms with Gasteiger partial charge in [0.2, 0.25) is 0 Å². The van der Waals surface area contributed by atoms with Crippen LogP contribution in [0.3, 0.4) is 0 Å². The molecule has 0 aliphatic carbocycles. The number of benzene rings is 9. The Morgan fingerprint density at radius 1 is 0.411 bits per heavy atom. The third-order valence-corrected chi connectivity index (χ3v) is 14.8. The van der Waals surface area contributed by atoms with Crippen LogP contribution in [0.2, 0.25) is 0 Å². The first-order valence-corrected chi connectivity index (χ1v) is 20.7. The lowest BCUT2D eigenvalue weighted by Gasteiger charge is -2.21. The van der Waals surface area contributed by atoms with Gasteiger partial charge in [0.25, 0.3) is 0 Å². The van der Waals surface area contributed by atoms with Crippen LogP contribution in [0.4, 0.5) is 0 Å². The van der Waals surface area contributed by atoms with Crippen molar-refractivity contribution in [2.24, 2.45) is 0 Å². The van der Waals surface area contributed by atoms with Crippen molar-refractivity contribution >= 4 is 105 Å². The van der Waals surface area contributed by atoms with E-state index in [-0.39, 0.29) is 0 Å². The molecule has 1 unspecified atom stereocenters. The maximum absolute atomic E-state index is 16.4. The second-order valence-electron chi connectivity index (χ2n) is 14.7. The number of pyridine rings is 1. The number of rotatable bonds is 4. The Kier molecular flexibility index (Phi) is 6.58. The Balaban J connectivity index is 1.16. The van der Waals surface area contributed by atoms with E-state index in [4.69, 9.17) is 4.98 Å². The summed E-state index contributed by atoms with van der Waals surface area (Å²) in [6.07, 6.45) is 0. The second-order valence-corrected chi connectivity index (χ2v) is 17.4. The molecule has 56 heavy (non-hydrogen) atoms. The third kappa shape index (κ3) is 4.30. The molecule has 1 atom stereocenters. The van der Waals surface area contributed by atoms with Crippen molar-refractivity contribution < 1.29 is 4.57 Å². The fourth-order valence-electron chi connectivity index (χ4n) is 9.19. The van der Waals surface area contributed by atoms with E-state index in [0.717, 1.165) is 87.1 Å². The van der Waals surface area contributed by atoms with Crippen LogP contribution >= 0.6 is 7.14 Å². The van der Waals surface area contributed by atoms with Crippen LogP contribution in [-0.4, -0.2) is 14.0 Å². The summed E-state index contributed by atoms with van der Waals surface area (Å²) in [5.74, 6) is 0. The summed E-state index contributed by atoms with van der Waals surface area (Å²) in [6, 6.07) is 67.7. The highest BCUT2D eigenvalue weighted by Crippen LogP contribution is 2.46. The Morgan fingerprint density at radius 2 is 1.00 bits per heavy atom. The molecule has 3 heterocycles. The number of hydrogen-bond acceptors (Lipinski definition) is 2. The van der Waals surface area contributed by atoms with Crippen LogP contribution in [0.25, 0.3) is 87.4 Å². The zero-order valence-corrected chi connectivity index (χ0v) is 31.1. The Hall–Kier alpha value is -7.00. The quantitative estimate of drug-likeness (QED) is 0.103. The summed E-state index contributed by atoms with van der Waals surface area (Å²) >= 11 is 0. The molecule has 0 bridgehead atoms. The van der Waals surface area contributed by atoms with Gasteiger partial charge in [0.15, 0.2) is 7.14 Å². The van der Waals surface area contributed by atoms with E-state index in [1.807, 2.05) is 42.5 Å². The zero-order valence-electron chi connectivity index (χ0n) is 30.2. The second kappa shape index (κ2) is 11.7. The molecule has 12 rings (SSSR count). The van der Waals surface area contributed by atoms with E-state index in [1.165, 1.54) is 16.2 Å². The van der Waals surface area contributed by atoms with Crippen LogP contribution in [0.1, 0.15) is 0 Å². The molecule has 4 nitrogen and oxygen atoms in total. The van der Waals surface area contributed by atoms with Crippen molar-refractivity contribution in [1.82, 2.24) is 14.0 Å². The van der Waals surface area contributed by atoms with Gasteiger partial charge in [0, 0.05) is 43.1 Å². The fraction of sp³-hybridized carbons (Fsp3) is 0. The van der Waals surface area contributed by atoms with Crippen LogP contribution in [-0.2, 0) is 4.57 Å². The van der Waals surface area contributed by atoms with E-state index in [0.29, 0.717) is 0 Å². The van der Waals surface area contributed by atoms with Crippen molar-refractivity contribution in [1.29, 1.82) is 0 Å². The molecular weight excluding hydrogens is 702 g/mol. The lowest BCUT2D eigenvalue weighted by Crippen LogP contribution is -2.25. The minimum Gasteiger partial charge on any atom is -0.309 e. The van der Waals surface area contributed by atoms with Crippen LogP contribution in [0.15, 0.2) is 194 Å². The first-order valence-electron chi connectivity index (χ1n) is 19.0. The molecule has 12 aromatic rings. The molecule has 262 valence electrons. The van der Waals surface area contributed by atoms with Crippen molar-refractivity contribution in [3.63, 3.8) is 0 Å². The van der Waals surface area contributed by atoms with E-state index in [9.17, 15) is 0 Å². The summed E-state index contributed by atoms with van der Waals surface area (Å²) in [4.78, 5) is 5.55. The number of hydrogen-bond donors (Lipinski definition) is 0. The first kappa shape index (κ1) is 31.4. The normalized spacial score (nSPS) is 13.2. The van der Waals surface area contributed by atoms with Gasteiger partial charge in [-0.1, -0.05) is 133 Å². The molecule has 0 saturated carbocycles. The molecule has 0 saturated heterocycles. The molecule has 0 N–H and O–H groups in total. The summed E-state index contributed by atoms with van der Waals surface area (Å²) in [7, 11) is -3.46. The Morgan fingerprint density at radius 3 is 1.73 bits per heavy atom. The van der Waals surface area contributed by atoms with Crippen molar-refractivity contribution in [2.45, 2.75) is 0 Å². The van der Waals surface area contributed by atoms with Gasteiger partial charge in [-0.15, -0.1) is 0 Å². The molecule has 0 aliphatic heterocycles. The monoisotopic (exact) mass is 733 g/mol. The van der Waals surface area contributed by atoms with Crippen molar-refractivity contribution in [2.75, 3.05) is 0 Å². The maximum Gasteiger partial charge on any atom is 0.173 e. The fourth-order valence-corrected chi connectivity index (χ4v) is 12.0. The molecule has 0 spiro atoms.